The van der Waals surface area contributed by atoms with E-state index in [1.165, 1.54) is 6.08 Å². The van der Waals surface area contributed by atoms with Gasteiger partial charge in [-0.3, -0.25) is 9.59 Å². The number of ketones is 1. The molecule has 0 aromatic heterocycles. The van der Waals surface area contributed by atoms with Crippen LogP contribution in [0.5, 0.6) is 0 Å². The normalized spacial score (nSPS) is 14.6. The zero-order chi connectivity index (χ0) is 24.4. The summed E-state index contributed by atoms with van der Waals surface area (Å²) in [6.07, 6.45) is 9.52. The summed E-state index contributed by atoms with van der Waals surface area (Å²) in [6.45, 7) is 8.75. The number of halogens is 1. The molecule has 1 aromatic carbocycles. The Bertz CT molecular complexity index is 911. The van der Waals surface area contributed by atoms with Crippen molar-refractivity contribution in [3.05, 3.63) is 65.2 Å². The number of ether oxygens (including phenoxy) is 2. The minimum absolute atomic E-state index is 0.177. The van der Waals surface area contributed by atoms with Gasteiger partial charge >= 0.3 is 5.97 Å². The molecule has 0 radical (unpaired) electrons. The van der Waals surface area contributed by atoms with Crippen LogP contribution in [0.4, 0.5) is 4.39 Å². The molecule has 0 saturated carbocycles. The van der Waals surface area contributed by atoms with Crippen molar-refractivity contribution in [1.82, 2.24) is 0 Å². The maximum absolute atomic E-state index is 14.4. The van der Waals surface area contributed by atoms with Gasteiger partial charge in [-0.2, -0.15) is 0 Å². The van der Waals surface area contributed by atoms with Crippen LogP contribution < -0.4 is 0 Å². The fourth-order valence-corrected chi connectivity index (χ4v) is 3.65. The number of thioether (sulfide) groups is 1. The van der Waals surface area contributed by atoms with Gasteiger partial charge in [0.1, 0.15) is 0 Å². The molecule has 0 unspecified atom stereocenters. The Morgan fingerprint density at radius 2 is 1.85 bits per heavy atom. The summed E-state index contributed by atoms with van der Waals surface area (Å²) in [4.78, 5) is 25.5. The highest BCUT2D eigenvalue weighted by Crippen LogP contribution is 2.26. The minimum Gasteiger partial charge on any atom is -0.498 e. The number of Topliss-reactive ketones (excluding diaryl/α,β-unsaturated/α-hetero) is 1. The molecular formula is C27H35FO4S. The van der Waals surface area contributed by atoms with E-state index in [9.17, 15) is 14.0 Å². The Morgan fingerprint density at radius 1 is 1.15 bits per heavy atom. The summed E-state index contributed by atoms with van der Waals surface area (Å²) in [5.74, 6) is -0.403. The summed E-state index contributed by atoms with van der Waals surface area (Å²) in [7, 11) is 0. The van der Waals surface area contributed by atoms with Crippen molar-refractivity contribution >= 4 is 23.5 Å². The van der Waals surface area contributed by atoms with E-state index in [4.69, 9.17) is 9.47 Å². The molecule has 0 spiro atoms. The predicted octanol–water partition coefficient (Wildman–Crippen LogP) is 7.07. The second-order valence-electron chi connectivity index (χ2n) is 9.25. The molecule has 0 amide bonds. The lowest BCUT2D eigenvalue weighted by Crippen LogP contribution is -2.28. The van der Waals surface area contributed by atoms with Crippen LogP contribution in [0, 0.1) is 11.3 Å². The molecule has 1 aliphatic carbocycles. The van der Waals surface area contributed by atoms with Gasteiger partial charge in [-0.15, -0.1) is 11.8 Å². The smallest absolute Gasteiger partial charge is 0.311 e. The highest BCUT2D eigenvalue weighted by molar-refractivity contribution is 7.98. The first kappa shape index (κ1) is 26.9. The molecule has 0 heterocycles. The van der Waals surface area contributed by atoms with Crippen molar-refractivity contribution in [2.75, 3.05) is 19.5 Å². The Kier molecular flexibility index (Phi) is 10.4. The van der Waals surface area contributed by atoms with Gasteiger partial charge in [0.2, 0.25) is 5.78 Å². The van der Waals surface area contributed by atoms with E-state index in [1.807, 2.05) is 52.2 Å². The zero-order valence-corrected chi connectivity index (χ0v) is 21.1. The van der Waals surface area contributed by atoms with Crippen molar-refractivity contribution < 1.29 is 23.5 Å². The first-order chi connectivity index (χ1) is 15.6. The number of hydrogen-bond donors (Lipinski definition) is 0. The second kappa shape index (κ2) is 12.8. The molecule has 1 aliphatic rings. The quantitative estimate of drug-likeness (QED) is 0.107. The first-order valence-electron chi connectivity index (χ1n) is 11.4. The van der Waals surface area contributed by atoms with Gasteiger partial charge in [-0.25, -0.2) is 4.39 Å². The predicted molar refractivity (Wildman–Crippen MR) is 132 cm³/mol. The maximum Gasteiger partial charge on any atom is 0.311 e. The van der Waals surface area contributed by atoms with Crippen LogP contribution in [-0.4, -0.2) is 31.2 Å². The van der Waals surface area contributed by atoms with E-state index < -0.39 is 17.0 Å². The lowest BCUT2D eigenvalue weighted by Gasteiger charge is -2.23. The van der Waals surface area contributed by atoms with Crippen molar-refractivity contribution in [3.8, 4) is 0 Å². The Labute approximate surface area is 201 Å². The van der Waals surface area contributed by atoms with E-state index in [-0.39, 0.29) is 5.97 Å². The molecule has 180 valence electrons. The van der Waals surface area contributed by atoms with Crippen molar-refractivity contribution in [2.45, 2.75) is 58.3 Å². The minimum atomic E-state index is -0.762. The van der Waals surface area contributed by atoms with Gasteiger partial charge in [0.05, 0.1) is 24.4 Å². The number of allylic oxidation sites excluding steroid dienone is 6. The number of hydrogen-bond acceptors (Lipinski definition) is 5. The maximum atomic E-state index is 14.4. The van der Waals surface area contributed by atoms with E-state index >= 15 is 0 Å². The molecule has 6 heteroatoms. The van der Waals surface area contributed by atoms with E-state index in [1.54, 1.807) is 30.0 Å². The van der Waals surface area contributed by atoms with Gasteiger partial charge in [0, 0.05) is 16.9 Å². The number of esters is 1. The second-order valence-corrected chi connectivity index (χ2v) is 10.1. The standard InChI is InChI=1S/C27H35FO4S/c1-19(2)18-32-26(30)27(3,4)15-6-16-31-22-11-7-20(8-12-22)17-24(28)25(29)21-9-13-23(33-5)14-10-21/h7,9-11,13-14,17,19H,6,8,12,15-16,18H2,1-5H3/b24-17-. The van der Waals surface area contributed by atoms with Gasteiger partial charge in [-0.05, 0) is 87.3 Å². The summed E-state index contributed by atoms with van der Waals surface area (Å²) in [5.41, 5.74) is 0.549. The number of carbonyl (C=O) groups is 2. The van der Waals surface area contributed by atoms with Crippen LogP contribution in [-0.2, 0) is 14.3 Å². The molecule has 0 bridgehead atoms. The largest absolute Gasteiger partial charge is 0.498 e. The molecule has 0 N–H and O–H groups in total. The van der Waals surface area contributed by atoms with Crippen LogP contribution >= 0.6 is 11.8 Å². The lowest BCUT2D eigenvalue weighted by atomic mass is 9.88. The summed E-state index contributed by atoms with van der Waals surface area (Å²) < 4.78 is 25.6. The topological polar surface area (TPSA) is 52.6 Å². The van der Waals surface area contributed by atoms with Gasteiger partial charge in [0.25, 0.3) is 0 Å². The van der Waals surface area contributed by atoms with Crippen molar-refractivity contribution in [3.63, 3.8) is 0 Å². The van der Waals surface area contributed by atoms with E-state index in [0.29, 0.717) is 44.0 Å². The fraction of sp³-hybridized carbons (Fsp3) is 0.481. The Morgan fingerprint density at radius 3 is 2.42 bits per heavy atom. The van der Waals surface area contributed by atoms with Crippen LogP contribution in [0.1, 0.15) is 63.7 Å². The third-order valence-electron chi connectivity index (χ3n) is 5.36. The van der Waals surface area contributed by atoms with Crippen LogP contribution in [0.2, 0.25) is 0 Å². The fourth-order valence-electron chi connectivity index (χ4n) is 3.24. The molecule has 33 heavy (non-hydrogen) atoms. The monoisotopic (exact) mass is 474 g/mol. The van der Waals surface area contributed by atoms with Gasteiger partial charge < -0.3 is 9.47 Å². The van der Waals surface area contributed by atoms with E-state index in [0.717, 1.165) is 22.6 Å². The van der Waals surface area contributed by atoms with Crippen LogP contribution in [0.15, 0.2) is 64.5 Å². The highest BCUT2D eigenvalue weighted by Gasteiger charge is 2.29. The third kappa shape index (κ3) is 8.84. The zero-order valence-electron chi connectivity index (χ0n) is 20.3. The summed E-state index contributed by atoms with van der Waals surface area (Å²) in [6, 6.07) is 6.92. The van der Waals surface area contributed by atoms with E-state index in [2.05, 4.69) is 0 Å². The molecule has 2 rings (SSSR count). The Balaban J connectivity index is 1.82. The average Bonchev–Trinajstić information content (AvgIpc) is 2.80. The molecule has 1 aromatic rings. The van der Waals surface area contributed by atoms with Crippen LogP contribution in [0.3, 0.4) is 0 Å². The molecule has 4 nitrogen and oxygen atoms in total. The summed E-state index contributed by atoms with van der Waals surface area (Å²) in [5, 5.41) is 0. The van der Waals surface area contributed by atoms with Crippen molar-refractivity contribution in [1.29, 1.82) is 0 Å². The average molecular weight is 475 g/mol. The number of carbonyl (C=O) groups excluding carboxylic acids is 2. The Hall–Kier alpha value is -2.34. The molecule has 0 atom stereocenters. The molecule has 0 aliphatic heterocycles. The van der Waals surface area contributed by atoms with Gasteiger partial charge in [-0.1, -0.05) is 19.9 Å². The SMILES string of the molecule is CSc1ccc(C(=O)/C(F)=C/C2=CC=C(OCCCC(C)(C)C(=O)OCC(C)C)CC2)cc1. The molecule has 0 fully saturated rings. The van der Waals surface area contributed by atoms with Crippen LogP contribution in [0.25, 0.3) is 0 Å². The third-order valence-corrected chi connectivity index (χ3v) is 6.10. The highest BCUT2D eigenvalue weighted by atomic mass is 32.2. The number of rotatable bonds is 12. The number of benzene rings is 1. The summed E-state index contributed by atoms with van der Waals surface area (Å²) >= 11 is 1.57. The molecule has 0 saturated heterocycles. The van der Waals surface area contributed by atoms with Gasteiger partial charge in [0.15, 0.2) is 5.83 Å². The van der Waals surface area contributed by atoms with Crippen molar-refractivity contribution in [2.24, 2.45) is 11.3 Å². The lowest BCUT2D eigenvalue weighted by molar-refractivity contribution is -0.155. The molecular weight excluding hydrogens is 439 g/mol. The first-order valence-corrected chi connectivity index (χ1v) is 12.6.